The Bertz CT molecular complexity index is 3310. The summed E-state index contributed by atoms with van der Waals surface area (Å²) in [5.74, 6) is 0. The van der Waals surface area contributed by atoms with Crippen molar-refractivity contribution in [3.8, 4) is 22.3 Å². The van der Waals surface area contributed by atoms with Crippen LogP contribution in [0, 0.1) is 0 Å². The number of benzene rings is 11. The van der Waals surface area contributed by atoms with Gasteiger partial charge in [-0.2, -0.15) is 0 Å². The Kier molecular flexibility index (Phi) is 8.42. The molecule has 0 heterocycles. The van der Waals surface area contributed by atoms with Gasteiger partial charge < -0.3 is 5.32 Å². The zero-order chi connectivity index (χ0) is 38.4. The summed E-state index contributed by atoms with van der Waals surface area (Å²) in [7, 11) is 0. The fourth-order valence-corrected chi connectivity index (χ4v) is 9.12. The molecule has 11 rings (SSSR count). The SMILES string of the molecule is c1ccc(-c2cccc(NC(NCc3c4ccccc4cc4c3ccc3ccccc34)c3ccc(-c4c5ccccc5cc5c4ccc4ccccc45)cc3)c2)cc1. The average Bonchev–Trinajstić information content (AvgIpc) is 3.29. The maximum absolute atomic E-state index is 4.02. The largest absolute Gasteiger partial charge is 0.366 e. The summed E-state index contributed by atoms with van der Waals surface area (Å²) in [5.41, 5.74) is 8.38. The Morgan fingerprint density at radius 3 is 1.59 bits per heavy atom. The molecule has 2 heteroatoms. The predicted molar refractivity (Wildman–Crippen MR) is 248 cm³/mol. The van der Waals surface area contributed by atoms with Crippen LogP contribution in [0.4, 0.5) is 5.69 Å². The summed E-state index contributed by atoms with van der Waals surface area (Å²) in [6.07, 6.45) is -0.178. The summed E-state index contributed by atoms with van der Waals surface area (Å²) < 4.78 is 0. The molecule has 0 aliphatic carbocycles. The highest BCUT2D eigenvalue weighted by Gasteiger charge is 2.18. The van der Waals surface area contributed by atoms with E-state index in [1.807, 2.05) is 0 Å². The first kappa shape index (κ1) is 34.0. The third-order valence-electron chi connectivity index (χ3n) is 11.9. The number of nitrogens with one attached hydrogen (secondary N) is 2. The van der Waals surface area contributed by atoms with Gasteiger partial charge in [-0.25, -0.2) is 0 Å². The molecule has 0 amide bonds. The van der Waals surface area contributed by atoms with Crippen molar-refractivity contribution < 1.29 is 0 Å². The van der Waals surface area contributed by atoms with E-state index in [-0.39, 0.29) is 6.17 Å². The average molecular weight is 741 g/mol. The van der Waals surface area contributed by atoms with E-state index in [4.69, 9.17) is 0 Å². The molecule has 1 unspecified atom stereocenters. The number of hydrogen-bond acceptors (Lipinski definition) is 2. The van der Waals surface area contributed by atoms with Gasteiger partial charge in [-0.15, -0.1) is 0 Å². The molecule has 0 aliphatic rings. The van der Waals surface area contributed by atoms with Crippen LogP contribution in [-0.4, -0.2) is 0 Å². The van der Waals surface area contributed by atoms with Crippen LogP contribution in [-0.2, 0) is 6.54 Å². The van der Waals surface area contributed by atoms with Crippen LogP contribution in [0.1, 0.15) is 17.3 Å². The first-order chi connectivity index (χ1) is 28.7. The normalized spacial score (nSPS) is 12.2. The molecule has 2 N–H and O–H groups in total. The molecule has 11 aromatic rings. The van der Waals surface area contributed by atoms with Crippen LogP contribution >= 0.6 is 0 Å². The summed E-state index contributed by atoms with van der Waals surface area (Å²) in [6, 6.07) is 77.4. The van der Waals surface area contributed by atoms with E-state index >= 15 is 0 Å². The fourth-order valence-electron chi connectivity index (χ4n) is 9.12. The number of fused-ring (bicyclic) bond motifs is 8. The molecule has 2 nitrogen and oxygen atoms in total. The third-order valence-corrected chi connectivity index (χ3v) is 11.9. The van der Waals surface area contributed by atoms with Crippen molar-refractivity contribution in [3.05, 3.63) is 223 Å². The lowest BCUT2D eigenvalue weighted by molar-refractivity contribution is 0.590. The molecule has 0 radical (unpaired) electrons. The molecule has 0 aromatic heterocycles. The van der Waals surface area contributed by atoms with E-state index in [2.05, 4.69) is 223 Å². The highest BCUT2D eigenvalue weighted by molar-refractivity contribution is 6.20. The summed E-state index contributed by atoms with van der Waals surface area (Å²) in [5, 5.41) is 23.2. The summed E-state index contributed by atoms with van der Waals surface area (Å²) in [4.78, 5) is 0. The molecule has 0 bridgehead atoms. The van der Waals surface area contributed by atoms with Crippen LogP contribution in [0.15, 0.2) is 212 Å². The van der Waals surface area contributed by atoms with Crippen LogP contribution in [0.25, 0.3) is 86.9 Å². The zero-order valence-electron chi connectivity index (χ0n) is 32.0. The van der Waals surface area contributed by atoms with Crippen molar-refractivity contribution in [1.82, 2.24) is 5.32 Å². The Morgan fingerprint density at radius 2 is 0.879 bits per heavy atom. The van der Waals surface area contributed by atoms with Crippen molar-refractivity contribution in [2.24, 2.45) is 0 Å². The maximum Gasteiger partial charge on any atom is 0.103 e. The van der Waals surface area contributed by atoms with Gasteiger partial charge in [-0.1, -0.05) is 188 Å². The minimum absolute atomic E-state index is 0.178. The van der Waals surface area contributed by atoms with Gasteiger partial charge in [0.2, 0.25) is 0 Å². The van der Waals surface area contributed by atoms with Crippen molar-refractivity contribution in [2.75, 3.05) is 5.32 Å². The second kappa shape index (κ2) is 14.4. The first-order valence-electron chi connectivity index (χ1n) is 20.2. The second-order valence-corrected chi connectivity index (χ2v) is 15.3. The molecule has 58 heavy (non-hydrogen) atoms. The van der Waals surface area contributed by atoms with Crippen molar-refractivity contribution in [3.63, 3.8) is 0 Å². The maximum atomic E-state index is 4.02. The smallest absolute Gasteiger partial charge is 0.103 e. The molecular weight excluding hydrogens is 701 g/mol. The Hall–Kier alpha value is -7.26. The van der Waals surface area contributed by atoms with Crippen molar-refractivity contribution >= 4 is 70.3 Å². The summed E-state index contributed by atoms with van der Waals surface area (Å²) >= 11 is 0. The quantitative estimate of drug-likeness (QED) is 0.0921. The molecule has 11 aromatic carbocycles. The van der Waals surface area contributed by atoms with Gasteiger partial charge in [-0.3, -0.25) is 5.32 Å². The number of hydrogen-bond donors (Lipinski definition) is 2. The van der Waals surface area contributed by atoms with Gasteiger partial charge in [0.1, 0.15) is 6.17 Å². The van der Waals surface area contributed by atoms with Gasteiger partial charge in [0.25, 0.3) is 0 Å². The van der Waals surface area contributed by atoms with E-state index in [1.165, 1.54) is 98.0 Å². The van der Waals surface area contributed by atoms with Crippen LogP contribution in [0.2, 0.25) is 0 Å². The van der Waals surface area contributed by atoms with E-state index in [9.17, 15) is 0 Å². The topological polar surface area (TPSA) is 24.1 Å². The fraction of sp³-hybridized carbons (Fsp3) is 0.0357. The lowest BCUT2D eigenvalue weighted by atomic mass is 9.89. The van der Waals surface area contributed by atoms with Gasteiger partial charge in [-0.05, 0) is 122 Å². The minimum atomic E-state index is -0.178. The molecule has 0 saturated heterocycles. The third kappa shape index (κ3) is 6.03. The number of anilines is 1. The molecule has 0 saturated carbocycles. The molecule has 274 valence electrons. The van der Waals surface area contributed by atoms with Gasteiger partial charge in [0.05, 0.1) is 0 Å². The van der Waals surface area contributed by atoms with E-state index < -0.39 is 0 Å². The standard InChI is InChI=1S/C56H40N2/c1-2-13-37(14-3-1)42-19-12-20-45(33-42)58-56(57-36-54-48-23-10-6-17-43(48)34-52-46-21-8-4-15-38(46)29-31-50(52)54)41-27-25-40(26-28-41)55-49-24-11-7-18-44(49)35-53-47-22-9-5-16-39(47)30-32-51(53)55/h1-35,56-58H,36H2. The van der Waals surface area contributed by atoms with Crippen LogP contribution < -0.4 is 10.6 Å². The van der Waals surface area contributed by atoms with E-state index in [0.29, 0.717) is 6.54 Å². The Balaban J connectivity index is 1.03. The lowest BCUT2D eigenvalue weighted by Crippen LogP contribution is -2.28. The van der Waals surface area contributed by atoms with Crippen LogP contribution in [0.5, 0.6) is 0 Å². The molecule has 0 fully saturated rings. The Labute approximate surface area is 338 Å². The van der Waals surface area contributed by atoms with Crippen LogP contribution in [0.3, 0.4) is 0 Å². The van der Waals surface area contributed by atoms with Crippen molar-refractivity contribution in [1.29, 1.82) is 0 Å². The van der Waals surface area contributed by atoms with E-state index in [0.717, 1.165) is 5.69 Å². The first-order valence-corrected chi connectivity index (χ1v) is 20.2. The minimum Gasteiger partial charge on any atom is -0.366 e. The number of rotatable bonds is 8. The predicted octanol–water partition coefficient (Wildman–Crippen LogP) is 14.8. The van der Waals surface area contributed by atoms with Gasteiger partial charge >= 0.3 is 0 Å². The lowest BCUT2D eigenvalue weighted by Gasteiger charge is -2.24. The second-order valence-electron chi connectivity index (χ2n) is 15.3. The monoisotopic (exact) mass is 740 g/mol. The highest BCUT2D eigenvalue weighted by atomic mass is 15.1. The van der Waals surface area contributed by atoms with Gasteiger partial charge in [0.15, 0.2) is 0 Å². The van der Waals surface area contributed by atoms with Crippen molar-refractivity contribution in [2.45, 2.75) is 12.7 Å². The Morgan fingerprint density at radius 1 is 0.328 bits per heavy atom. The molecular formula is C56H40N2. The highest BCUT2D eigenvalue weighted by Crippen LogP contribution is 2.40. The molecule has 0 aliphatic heterocycles. The molecule has 0 spiro atoms. The summed E-state index contributed by atoms with van der Waals surface area (Å²) in [6.45, 7) is 0.676. The molecule has 1 atom stereocenters. The van der Waals surface area contributed by atoms with Gasteiger partial charge in [0, 0.05) is 12.2 Å². The van der Waals surface area contributed by atoms with E-state index in [1.54, 1.807) is 0 Å². The zero-order valence-corrected chi connectivity index (χ0v) is 32.0.